The number of carbonyl (C=O) groups is 2. The lowest BCUT2D eigenvalue weighted by atomic mass is 10.1. The summed E-state index contributed by atoms with van der Waals surface area (Å²) in [5, 5.41) is 6.96. The highest BCUT2D eigenvalue weighted by molar-refractivity contribution is 7.22. The van der Waals surface area contributed by atoms with Crippen LogP contribution in [-0.2, 0) is 4.79 Å². The van der Waals surface area contributed by atoms with Crippen LogP contribution >= 0.6 is 22.9 Å². The molecule has 8 heteroatoms. The fraction of sp³-hybridized carbons (Fsp3) is 0.375. The number of rotatable bonds is 6. The number of amides is 2. The summed E-state index contributed by atoms with van der Waals surface area (Å²) in [6, 6.07) is 10.9. The molecule has 32 heavy (non-hydrogen) atoms. The molecule has 0 radical (unpaired) electrons. The first kappa shape index (κ1) is 21.4. The van der Waals surface area contributed by atoms with Gasteiger partial charge in [0.15, 0.2) is 5.13 Å². The molecule has 0 spiro atoms. The van der Waals surface area contributed by atoms with Gasteiger partial charge in [-0.3, -0.25) is 9.59 Å². The summed E-state index contributed by atoms with van der Waals surface area (Å²) in [5.74, 6) is 0.374. The average molecular weight is 469 g/mol. The Morgan fingerprint density at radius 2 is 2.00 bits per heavy atom. The molecule has 2 amide bonds. The molecule has 2 fully saturated rings. The number of aryl methyl sites for hydroxylation is 1. The summed E-state index contributed by atoms with van der Waals surface area (Å²) in [6.07, 6.45) is 3.50. The Bertz CT molecular complexity index is 1170. The Kier molecular flexibility index (Phi) is 5.88. The first-order valence-corrected chi connectivity index (χ1v) is 12.2. The molecule has 1 aliphatic heterocycles. The Morgan fingerprint density at radius 3 is 2.78 bits per heavy atom. The van der Waals surface area contributed by atoms with Crippen LogP contribution in [0.4, 0.5) is 10.8 Å². The van der Waals surface area contributed by atoms with Crippen LogP contribution < -0.4 is 10.6 Å². The highest BCUT2D eigenvalue weighted by Gasteiger charge is 2.44. The zero-order valence-electron chi connectivity index (χ0n) is 17.9. The Hall–Kier alpha value is -2.48. The van der Waals surface area contributed by atoms with Crippen LogP contribution in [0.15, 0.2) is 36.4 Å². The maximum absolute atomic E-state index is 12.8. The average Bonchev–Trinajstić information content (AvgIpc) is 3.15. The third-order valence-electron chi connectivity index (χ3n) is 6.29. The van der Waals surface area contributed by atoms with Gasteiger partial charge in [-0.2, -0.15) is 0 Å². The molecule has 2 atom stereocenters. The van der Waals surface area contributed by atoms with Crippen molar-refractivity contribution in [3.63, 3.8) is 0 Å². The number of anilines is 2. The van der Waals surface area contributed by atoms with E-state index in [-0.39, 0.29) is 17.7 Å². The normalized spacial score (nSPS) is 20.4. The van der Waals surface area contributed by atoms with Crippen molar-refractivity contribution in [2.45, 2.75) is 26.2 Å². The molecule has 2 aliphatic rings. The molecule has 1 saturated heterocycles. The maximum Gasteiger partial charge on any atom is 0.255 e. The van der Waals surface area contributed by atoms with Crippen LogP contribution in [0.1, 0.15) is 35.2 Å². The van der Waals surface area contributed by atoms with Gasteiger partial charge < -0.3 is 15.5 Å². The highest BCUT2D eigenvalue weighted by atomic mass is 35.5. The minimum Gasteiger partial charge on any atom is -0.320 e. The van der Waals surface area contributed by atoms with Gasteiger partial charge in [-0.1, -0.05) is 35.1 Å². The van der Waals surface area contributed by atoms with E-state index in [9.17, 15) is 9.59 Å². The Balaban J connectivity index is 1.24. The van der Waals surface area contributed by atoms with Crippen molar-refractivity contribution in [3.8, 4) is 0 Å². The molecule has 0 unspecified atom stereocenters. The van der Waals surface area contributed by atoms with Gasteiger partial charge in [0.05, 0.1) is 20.9 Å². The van der Waals surface area contributed by atoms with E-state index in [4.69, 9.17) is 11.6 Å². The van der Waals surface area contributed by atoms with Gasteiger partial charge in [0.1, 0.15) is 0 Å². The summed E-state index contributed by atoms with van der Waals surface area (Å²) in [6.45, 7) is 5.25. The molecule has 1 aliphatic carbocycles. The molecule has 6 nitrogen and oxygen atoms in total. The largest absolute Gasteiger partial charge is 0.320 e. The highest BCUT2D eigenvalue weighted by Crippen LogP contribution is 2.41. The number of hydrogen-bond donors (Lipinski definition) is 2. The quantitative estimate of drug-likeness (QED) is 0.522. The third-order valence-corrected chi connectivity index (χ3v) is 7.54. The fourth-order valence-corrected chi connectivity index (χ4v) is 5.54. The van der Waals surface area contributed by atoms with Crippen LogP contribution in [-0.4, -0.2) is 41.3 Å². The smallest absolute Gasteiger partial charge is 0.255 e. The lowest BCUT2D eigenvalue weighted by Gasteiger charge is -2.13. The molecule has 2 aromatic carbocycles. The topological polar surface area (TPSA) is 74.3 Å². The third kappa shape index (κ3) is 4.51. The summed E-state index contributed by atoms with van der Waals surface area (Å²) < 4.78 is 0.855. The van der Waals surface area contributed by atoms with Gasteiger partial charge in [-0.25, -0.2) is 4.98 Å². The number of thiazole rings is 1. The lowest BCUT2D eigenvalue weighted by Crippen LogP contribution is -2.24. The summed E-state index contributed by atoms with van der Waals surface area (Å²) >= 11 is 7.62. The van der Waals surface area contributed by atoms with Crippen LogP contribution in [0.5, 0.6) is 0 Å². The SMILES string of the molecule is Cc1cccc(Cl)c1NC(=O)c1ccc2nc(NC(=O)[C@@H]3C[C@H]3CN3CCCC3)sc2c1. The van der Waals surface area contributed by atoms with Gasteiger partial charge in [0.2, 0.25) is 5.91 Å². The number of benzene rings is 2. The van der Waals surface area contributed by atoms with Crippen molar-refractivity contribution < 1.29 is 9.59 Å². The van der Waals surface area contributed by atoms with E-state index in [0.29, 0.717) is 27.3 Å². The second kappa shape index (κ2) is 8.81. The minimum absolute atomic E-state index is 0.0559. The van der Waals surface area contributed by atoms with Crippen molar-refractivity contribution in [2.24, 2.45) is 11.8 Å². The van der Waals surface area contributed by atoms with E-state index in [2.05, 4.69) is 20.5 Å². The van der Waals surface area contributed by atoms with Crippen LogP contribution in [0.25, 0.3) is 10.2 Å². The molecular weight excluding hydrogens is 444 g/mol. The lowest BCUT2D eigenvalue weighted by molar-refractivity contribution is -0.117. The molecule has 2 N–H and O–H groups in total. The van der Waals surface area contributed by atoms with E-state index in [1.165, 1.54) is 24.2 Å². The number of nitrogens with zero attached hydrogens (tertiary/aromatic N) is 2. The van der Waals surface area contributed by atoms with E-state index in [1.807, 2.05) is 25.1 Å². The van der Waals surface area contributed by atoms with Crippen molar-refractivity contribution in [1.82, 2.24) is 9.88 Å². The van der Waals surface area contributed by atoms with E-state index >= 15 is 0 Å². The molecule has 0 bridgehead atoms. The monoisotopic (exact) mass is 468 g/mol. The van der Waals surface area contributed by atoms with E-state index in [1.54, 1.807) is 18.2 Å². The van der Waals surface area contributed by atoms with Gasteiger partial charge in [-0.15, -0.1) is 0 Å². The number of halogens is 1. The number of hydrogen-bond acceptors (Lipinski definition) is 5. The summed E-state index contributed by atoms with van der Waals surface area (Å²) in [7, 11) is 0. The molecular formula is C24H25ClN4O2S. The Morgan fingerprint density at radius 1 is 1.19 bits per heavy atom. The van der Waals surface area contributed by atoms with Gasteiger partial charge in [0.25, 0.3) is 5.91 Å². The molecule has 5 rings (SSSR count). The van der Waals surface area contributed by atoms with Gasteiger partial charge >= 0.3 is 0 Å². The van der Waals surface area contributed by atoms with Crippen LogP contribution in [0.3, 0.4) is 0 Å². The van der Waals surface area contributed by atoms with Crippen molar-refractivity contribution in [3.05, 3.63) is 52.5 Å². The maximum atomic E-state index is 12.8. The zero-order chi connectivity index (χ0) is 22.2. The predicted octanol–water partition coefficient (Wildman–Crippen LogP) is 5.18. The van der Waals surface area contributed by atoms with Crippen molar-refractivity contribution in [2.75, 3.05) is 30.3 Å². The first-order valence-electron chi connectivity index (χ1n) is 11.0. The number of fused-ring (bicyclic) bond motifs is 1. The molecule has 1 aromatic heterocycles. The first-order chi connectivity index (χ1) is 15.5. The number of nitrogens with one attached hydrogen (secondary N) is 2. The van der Waals surface area contributed by atoms with Crippen molar-refractivity contribution in [1.29, 1.82) is 0 Å². The molecule has 1 saturated carbocycles. The zero-order valence-corrected chi connectivity index (χ0v) is 19.4. The van der Waals surface area contributed by atoms with Gasteiger partial charge in [-0.05, 0) is 75.0 Å². The van der Waals surface area contributed by atoms with Crippen molar-refractivity contribution >= 4 is 55.8 Å². The van der Waals surface area contributed by atoms with Gasteiger partial charge in [0, 0.05) is 18.0 Å². The molecule has 166 valence electrons. The van der Waals surface area contributed by atoms with Crippen LogP contribution in [0.2, 0.25) is 5.02 Å². The number of carbonyl (C=O) groups excluding carboxylic acids is 2. The minimum atomic E-state index is -0.232. The summed E-state index contributed by atoms with van der Waals surface area (Å²) in [5.41, 5.74) is 2.80. The standard InChI is InChI=1S/C24H25ClN4O2S/c1-14-5-4-6-18(25)21(14)27-22(30)15-7-8-19-20(12-15)32-24(26-19)28-23(31)17-11-16(17)13-29-9-2-3-10-29/h4-8,12,16-17H,2-3,9-11,13H2,1H3,(H,27,30)(H,26,28,31)/t16-,17+/m0/s1. The van der Waals surface area contributed by atoms with E-state index < -0.39 is 0 Å². The van der Waals surface area contributed by atoms with E-state index in [0.717, 1.165) is 41.8 Å². The Labute approximate surface area is 196 Å². The number of para-hydroxylation sites is 1. The fourth-order valence-electron chi connectivity index (χ4n) is 4.36. The summed E-state index contributed by atoms with van der Waals surface area (Å²) in [4.78, 5) is 32.4. The molecule has 2 heterocycles. The predicted molar refractivity (Wildman–Crippen MR) is 130 cm³/mol. The second-order valence-electron chi connectivity index (χ2n) is 8.69. The second-order valence-corrected chi connectivity index (χ2v) is 10.1. The number of aromatic nitrogens is 1. The molecule has 3 aromatic rings. The van der Waals surface area contributed by atoms with Crippen LogP contribution in [0, 0.1) is 18.8 Å². The number of likely N-dealkylation sites (tertiary alicyclic amines) is 1.